The quantitative estimate of drug-likeness (QED) is 0.0738. The summed E-state index contributed by atoms with van der Waals surface area (Å²) < 4.78 is 18.9. The second-order valence-corrected chi connectivity index (χ2v) is 9.98. The van der Waals surface area contributed by atoms with Crippen molar-refractivity contribution in [3.05, 3.63) is 123 Å². The molecule has 0 radical (unpaired) electrons. The average Bonchev–Trinajstić information content (AvgIpc) is 2.92. The predicted octanol–water partition coefficient (Wildman–Crippen LogP) is 7.63. The van der Waals surface area contributed by atoms with E-state index in [4.69, 9.17) is 21.3 Å². The molecule has 0 fully saturated rings. The third kappa shape index (κ3) is 7.95. The van der Waals surface area contributed by atoms with Crippen molar-refractivity contribution < 1.29 is 19.2 Å². The lowest BCUT2D eigenvalue weighted by molar-refractivity contribution is -0.384. The van der Waals surface area contributed by atoms with Crippen molar-refractivity contribution in [1.82, 2.24) is 4.90 Å². The van der Waals surface area contributed by atoms with E-state index in [0.717, 1.165) is 16.0 Å². The zero-order chi connectivity index (χ0) is 27.8. The molecular weight excluding hydrogens is 541 g/mol. The lowest BCUT2D eigenvalue weighted by atomic mass is 10.1. The van der Waals surface area contributed by atoms with Crippen LogP contribution in [0.5, 0.6) is 11.5 Å². The van der Waals surface area contributed by atoms with E-state index in [2.05, 4.69) is 0 Å². The minimum absolute atomic E-state index is 0.0221. The van der Waals surface area contributed by atoms with E-state index in [1.165, 1.54) is 36.0 Å². The first-order valence-electron chi connectivity index (χ1n) is 11.9. The maximum atomic E-state index is 13.5. The number of nitrogens with zero attached hydrogens (tertiary/aromatic N) is 3. The van der Waals surface area contributed by atoms with Crippen LogP contribution in [0.4, 0.5) is 15.8 Å². The van der Waals surface area contributed by atoms with Crippen LogP contribution in [-0.4, -0.2) is 33.8 Å². The minimum Gasteiger partial charge on any atom is -0.508 e. The van der Waals surface area contributed by atoms with Crippen molar-refractivity contribution in [3.8, 4) is 11.5 Å². The highest BCUT2D eigenvalue weighted by Crippen LogP contribution is 2.32. The molecule has 0 amide bonds. The first kappa shape index (κ1) is 27.9. The Labute approximate surface area is 234 Å². The Kier molecular flexibility index (Phi) is 9.40. The van der Waals surface area contributed by atoms with Crippen molar-refractivity contribution >= 4 is 39.9 Å². The molecular formula is C29H25ClFN3O4S. The van der Waals surface area contributed by atoms with Crippen LogP contribution in [0.25, 0.3) is 0 Å². The summed E-state index contributed by atoms with van der Waals surface area (Å²) in [5.74, 6) is 0.501. The van der Waals surface area contributed by atoms with Gasteiger partial charge in [-0.1, -0.05) is 53.7 Å². The van der Waals surface area contributed by atoms with Gasteiger partial charge in [-0.15, -0.1) is 0 Å². The highest BCUT2D eigenvalue weighted by molar-refractivity contribution is 8.13. The topological polar surface area (TPSA) is 88.2 Å². The first-order valence-corrected chi connectivity index (χ1v) is 13.1. The number of nitro groups is 1. The van der Waals surface area contributed by atoms with Crippen LogP contribution in [0.1, 0.15) is 11.1 Å². The van der Waals surface area contributed by atoms with Crippen molar-refractivity contribution in [2.24, 2.45) is 4.99 Å². The summed E-state index contributed by atoms with van der Waals surface area (Å²) in [6.45, 7) is 0.883. The normalized spacial score (nSPS) is 11.3. The smallest absolute Gasteiger partial charge is 0.290 e. The molecule has 0 unspecified atom stereocenters. The molecule has 0 aliphatic carbocycles. The largest absolute Gasteiger partial charge is 0.508 e. The maximum absolute atomic E-state index is 13.5. The molecule has 1 N–H and O–H groups in total. The molecule has 4 aromatic rings. The average molecular weight is 566 g/mol. The van der Waals surface area contributed by atoms with E-state index in [-0.39, 0.29) is 22.3 Å². The SMILES string of the molecule is COc1cccc(SC(=Nc2ccc(Cl)c([N+](=O)[O-])c2)N(CCc2ccc(F)cc2)Cc2cccc(O)c2)c1. The van der Waals surface area contributed by atoms with Crippen LogP contribution in [0.15, 0.2) is 101 Å². The third-order valence-corrected chi connectivity index (χ3v) is 7.08. The molecule has 0 saturated heterocycles. The fourth-order valence-electron chi connectivity index (χ4n) is 3.78. The zero-order valence-corrected chi connectivity index (χ0v) is 22.5. The van der Waals surface area contributed by atoms with Gasteiger partial charge in [0.15, 0.2) is 5.17 Å². The molecule has 200 valence electrons. The number of nitro benzene ring substituents is 1. The number of phenolic OH excluding ortho intramolecular Hbond substituents is 1. The van der Waals surface area contributed by atoms with Gasteiger partial charge in [-0.05, 0) is 72.1 Å². The van der Waals surface area contributed by atoms with Gasteiger partial charge in [0.05, 0.1) is 17.7 Å². The van der Waals surface area contributed by atoms with Gasteiger partial charge in [-0.25, -0.2) is 9.38 Å². The van der Waals surface area contributed by atoms with E-state index in [0.29, 0.717) is 36.1 Å². The number of benzene rings is 4. The second kappa shape index (κ2) is 13.1. The summed E-state index contributed by atoms with van der Waals surface area (Å²) in [6.07, 6.45) is 0.581. The van der Waals surface area contributed by atoms with E-state index in [1.54, 1.807) is 43.5 Å². The molecule has 7 nitrogen and oxygen atoms in total. The molecule has 0 heterocycles. The first-order chi connectivity index (χ1) is 18.8. The monoisotopic (exact) mass is 565 g/mol. The van der Waals surface area contributed by atoms with E-state index < -0.39 is 4.92 Å². The van der Waals surface area contributed by atoms with Gasteiger partial charge in [-0.2, -0.15) is 0 Å². The number of aliphatic imine (C=N–C) groups is 1. The van der Waals surface area contributed by atoms with E-state index >= 15 is 0 Å². The van der Waals surface area contributed by atoms with Gasteiger partial charge < -0.3 is 14.7 Å². The Hall–Kier alpha value is -4.08. The Morgan fingerprint density at radius 1 is 1.05 bits per heavy atom. The molecule has 0 bridgehead atoms. The Balaban J connectivity index is 1.76. The van der Waals surface area contributed by atoms with Crippen LogP contribution in [0.3, 0.4) is 0 Å². The van der Waals surface area contributed by atoms with Crippen LogP contribution < -0.4 is 4.74 Å². The summed E-state index contributed by atoms with van der Waals surface area (Å²) >= 11 is 7.41. The number of halogens is 2. The number of aromatic hydroxyl groups is 1. The molecule has 0 aliphatic heterocycles. The number of phenols is 1. The van der Waals surface area contributed by atoms with Crippen molar-refractivity contribution in [3.63, 3.8) is 0 Å². The Bertz CT molecular complexity index is 1480. The van der Waals surface area contributed by atoms with Crippen molar-refractivity contribution in [2.75, 3.05) is 13.7 Å². The molecule has 0 saturated carbocycles. The molecule has 0 atom stereocenters. The zero-order valence-electron chi connectivity index (χ0n) is 21.0. The number of hydrogen-bond donors (Lipinski definition) is 1. The second-order valence-electron chi connectivity index (χ2n) is 8.54. The van der Waals surface area contributed by atoms with Gasteiger partial charge in [-0.3, -0.25) is 10.1 Å². The van der Waals surface area contributed by atoms with Gasteiger partial charge in [0.1, 0.15) is 22.3 Å². The van der Waals surface area contributed by atoms with Crippen LogP contribution >= 0.6 is 23.4 Å². The fourth-order valence-corrected chi connectivity index (χ4v) is 4.94. The van der Waals surface area contributed by atoms with Crippen LogP contribution in [0, 0.1) is 15.9 Å². The number of thioether (sulfide) groups is 1. The summed E-state index contributed by atoms with van der Waals surface area (Å²) in [5, 5.41) is 22.1. The summed E-state index contributed by atoms with van der Waals surface area (Å²) in [6, 6.07) is 25.1. The van der Waals surface area contributed by atoms with Crippen molar-refractivity contribution in [1.29, 1.82) is 0 Å². The van der Waals surface area contributed by atoms with Gasteiger partial charge in [0.25, 0.3) is 5.69 Å². The standard InChI is InChI=1S/C29H25ClFN3O4S/c1-38-25-6-3-7-26(18-25)39-29(32-23-12-13-27(30)28(17-23)34(36)37)33(19-21-4-2-5-24(35)16-21)15-14-20-8-10-22(31)11-9-20/h2-13,16-18,35H,14-15,19H2,1H3. The molecule has 0 aliphatic rings. The molecule has 10 heteroatoms. The number of hydrogen-bond acceptors (Lipinski definition) is 6. The number of methoxy groups -OCH3 is 1. The fraction of sp³-hybridized carbons (Fsp3) is 0.138. The lowest BCUT2D eigenvalue weighted by Gasteiger charge is -2.26. The number of rotatable bonds is 9. The highest BCUT2D eigenvalue weighted by atomic mass is 35.5. The van der Waals surface area contributed by atoms with Crippen molar-refractivity contribution in [2.45, 2.75) is 17.9 Å². The van der Waals surface area contributed by atoms with Gasteiger partial charge in [0, 0.05) is 24.1 Å². The molecule has 39 heavy (non-hydrogen) atoms. The molecule has 0 spiro atoms. The highest BCUT2D eigenvalue weighted by Gasteiger charge is 2.18. The van der Waals surface area contributed by atoms with Gasteiger partial charge >= 0.3 is 0 Å². The maximum Gasteiger partial charge on any atom is 0.290 e. The van der Waals surface area contributed by atoms with E-state index in [9.17, 15) is 19.6 Å². The molecule has 4 aromatic carbocycles. The van der Waals surface area contributed by atoms with Gasteiger partial charge in [0.2, 0.25) is 0 Å². The summed E-state index contributed by atoms with van der Waals surface area (Å²) in [4.78, 5) is 18.6. The number of amidine groups is 1. The summed E-state index contributed by atoms with van der Waals surface area (Å²) in [7, 11) is 1.59. The Morgan fingerprint density at radius 2 is 1.82 bits per heavy atom. The predicted molar refractivity (Wildman–Crippen MR) is 153 cm³/mol. The Morgan fingerprint density at radius 3 is 2.54 bits per heavy atom. The van der Waals surface area contributed by atoms with Crippen LogP contribution in [-0.2, 0) is 13.0 Å². The third-order valence-electron chi connectivity index (χ3n) is 5.74. The van der Waals surface area contributed by atoms with Crippen LogP contribution in [0.2, 0.25) is 5.02 Å². The lowest BCUT2D eigenvalue weighted by Crippen LogP contribution is -2.30. The summed E-state index contributed by atoms with van der Waals surface area (Å²) in [5.41, 5.74) is 1.90. The number of ether oxygens (including phenoxy) is 1. The molecule has 4 rings (SSSR count). The minimum atomic E-state index is -0.546. The molecule has 0 aromatic heterocycles. The van der Waals surface area contributed by atoms with E-state index in [1.807, 2.05) is 35.2 Å².